The second-order valence-electron chi connectivity index (χ2n) is 10.0. The van der Waals surface area contributed by atoms with Crippen LogP contribution in [0.3, 0.4) is 0 Å². The van der Waals surface area contributed by atoms with Gasteiger partial charge in [-0.3, -0.25) is 23.7 Å². The molecule has 9 nitrogen and oxygen atoms in total. The summed E-state index contributed by atoms with van der Waals surface area (Å²) in [6.07, 6.45) is 0. The van der Waals surface area contributed by atoms with E-state index in [-0.39, 0.29) is 29.1 Å². The molecule has 3 amide bonds. The van der Waals surface area contributed by atoms with Gasteiger partial charge in [-0.1, -0.05) is 65.1 Å². The standard InChI is InChI=1S/C31H27N3O6S2/c1-17-9-12-20(13-10-17)34-28(36)25-24(18-11-14-21(39-2)22(15-18)40-3)27-30(41-26(25)29(34)37)33(31(38)42-27)16-23(35)32-19-7-5-4-6-8-19/h4-15,24-26H,16H2,1-3H3,(H,32,35). The molecule has 4 aromatic rings. The molecule has 1 fully saturated rings. The number of thioether (sulfide) groups is 1. The fraction of sp³-hybridized carbons (Fsp3) is 0.226. The summed E-state index contributed by atoms with van der Waals surface area (Å²) in [7, 11) is 3.06. The highest BCUT2D eigenvalue weighted by molar-refractivity contribution is 8.00. The maximum atomic E-state index is 14.1. The number of nitrogens with zero attached hydrogens (tertiary/aromatic N) is 2. The molecule has 3 aromatic carbocycles. The SMILES string of the molecule is COc1ccc(C2c3sc(=O)n(CC(=O)Nc4ccccc4)c3SC3C(=O)N(c4ccc(C)cc4)C(=O)C32)cc1OC. The molecule has 6 rings (SSSR count). The van der Waals surface area contributed by atoms with Gasteiger partial charge in [-0.25, -0.2) is 4.90 Å². The summed E-state index contributed by atoms with van der Waals surface area (Å²) in [6.45, 7) is 1.71. The number of ether oxygens (including phenoxy) is 2. The van der Waals surface area contributed by atoms with Gasteiger partial charge in [-0.2, -0.15) is 0 Å². The lowest BCUT2D eigenvalue weighted by atomic mass is 9.83. The first kappa shape index (κ1) is 27.8. The molecule has 2 aliphatic rings. The molecule has 0 bridgehead atoms. The Bertz CT molecular complexity index is 1750. The summed E-state index contributed by atoms with van der Waals surface area (Å²) in [5, 5.41) is 2.54. The predicted octanol–water partition coefficient (Wildman–Crippen LogP) is 4.67. The van der Waals surface area contributed by atoms with Crippen LogP contribution in [0, 0.1) is 12.8 Å². The predicted molar refractivity (Wildman–Crippen MR) is 162 cm³/mol. The lowest BCUT2D eigenvalue weighted by molar-refractivity contribution is -0.122. The zero-order valence-electron chi connectivity index (χ0n) is 23.0. The fourth-order valence-electron chi connectivity index (χ4n) is 5.47. The minimum Gasteiger partial charge on any atom is -0.493 e. The number of hydrogen-bond acceptors (Lipinski definition) is 8. The first-order chi connectivity index (χ1) is 20.3. The number of methoxy groups -OCH3 is 2. The summed E-state index contributed by atoms with van der Waals surface area (Å²) < 4.78 is 12.4. The molecular weight excluding hydrogens is 574 g/mol. The van der Waals surface area contributed by atoms with Crippen LogP contribution in [-0.2, 0) is 20.9 Å². The van der Waals surface area contributed by atoms with E-state index in [2.05, 4.69) is 5.32 Å². The molecule has 2 aliphatic heterocycles. The van der Waals surface area contributed by atoms with Gasteiger partial charge in [0.2, 0.25) is 17.7 Å². The zero-order valence-corrected chi connectivity index (χ0v) is 24.7. The van der Waals surface area contributed by atoms with E-state index in [0.717, 1.165) is 16.9 Å². The van der Waals surface area contributed by atoms with Gasteiger partial charge in [0.25, 0.3) is 0 Å². The number of nitrogens with one attached hydrogen (secondary N) is 1. The van der Waals surface area contributed by atoms with E-state index in [1.54, 1.807) is 48.5 Å². The third kappa shape index (κ3) is 4.78. The first-order valence-electron chi connectivity index (χ1n) is 13.2. The van der Waals surface area contributed by atoms with E-state index >= 15 is 0 Å². The van der Waals surface area contributed by atoms with Crippen molar-refractivity contribution in [2.45, 2.75) is 29.7 Å². The molecule has 0 radical (unpaired) electrons. The summed E-state index contributed by atoms with van der Waals surface area (Å²) in [4.78, 5) is 55.9. The second-order valence-corrected chi connectivity index (χ2v) is 12.2. The van der Waals surface area contributed by atoms with Crippen molar-refractivity contribution < 1.29 is 23.9 Å². The van der Waals surface area contributed by atoms with Crippen LogP contribution in [0.15, 0.2) is 82.6 Å². The van der Waals surface area contributed by atoms with E-state index in [9.17, 15) is 19.2 Å². The van der Waals surface area contributed by atoms with Gasteiger partial charge in [0.1, 0.15) is 11.8 Å². The Labute approximate surface area is 250 Å². The molecule has 0 saturated carbocycles. The molecule has 3 atom stereocenters. The number of aryl methyl sites for hydroxylation is 1. The number of anilines is 2. The maximum Gasteiger partial charge on any atom is 0.308 e. The Kier molecular flexibility index (Phi) is 7.38. The van der Waals surface area contributed by atoms with Gasteiger partial charge in [0.15, 0.2) is 11.5 Å². The number of carbonyl (C=O) groups excluding carboxylic acids is 3. The average Bonchev–Trinajstić information content (AvgIpc) is 3.44. The maximum absolute atomic E-state index is 14.1. The van der Waals surface area contributed by atoms with Gasteiger partial charge < -0.3 is 14.8 Å². The average molecular weight is 602 g/mol. The number of thiazole rings is 1. The molecule has 1 N–H and O–H groups in total. The van der Waals surface area contributed by atoms with Gasteiger partial charge in [-0.15, -0.1) is 0 Å². The van der Waals surface area contributed by atoms with Crippen molar-refractivity contribution in [1.82, 2.24) is 4.57 Å². The van der Waals surface area contributed by atoms with E-state index in [0.29, 0.717) is 38.3 Å². The molecule has 1 saturated heterocycles. The number of rotatable bonds is 7. The first-order valence-corrected chi connectivity index (χ1v) is 14.9. The summed E-state index contributed by atoms with van der Waals surface area (Å²) in [5.74, 6) is -1.46. The molecule has 3 unspecified atom stereocenters. The highest BCUT2D eigenvalue weighted by atomic mass is 32.2. The number of fused-ring (bicyclic) bond motifs is 2. The number of amides is 3. The van der Waals surface area contributed by atoms with Crippen molar-refractivity contribution in [2.24, 2.45) is 5.92 Å². The van der Waals surface area contributed by atoms with Gasteiger partial charge >= 0.3 is 4.87 Å². The highest BCUT2D eigenvalue weighted by Gasteiger charge is 2.57. The van der Waals surface area contributed by atoms with Crippen LogP contribution in [0.25, 0.3) is 0 Å². The Balaban J connectivity index is 1.45. The largest absolute Gasteiger partial charge is 0.493 e. The Morgan fingerprint density at radius 3 is 2.31 bits per heavy atom. The summed E-state index contributed by atoms with van der Waals surface area (Å²) in [5.41, 5.74) is 2.83. The van der Waals surface area contributed by atoms with Crippen LogP contribution in [0.1, 0.15) is 21.9 Å². The lowest BCUT2D eigenvalue weighted by Crippen LogP contribution is -2.33. The third-order valence-electron chi connectivity index (χ3n) is 7.47. The topological polar surface area (TPSA) is 107 Å². The van der Waals surface area contributed by atoms with E-state index in [4.69, 9.17) is 9.47 Å². The second kappa shape index (κ2) is 11.1. The fourth-order valence-corrected chi connectivity index (χ4v) is 8.25. The molecule has 0 spiro atoms. The van der Waals surface area contributed by atoms with Gasteiger partial charge in [0, 0.05) is 16.5 Å². The normalized spacial score (nSPS) is 19.3. The third-order valence-corrected chi connectivity index (χ3v) is 10.1. The van der Waals surface area contributed by atoms with Crippen LogP contribution in [-0.4, -0.2) is 41.8 Å². The lowest BCUT2D eigenvalue weighted by Gasteiger charge is -2.31. The minimum atomic E-state index is -0.790. The van der Waals surface area contributed by atoms with Gasteiger partial charge in [0.05, 0.1) is 30.9 Å². The van der Waals surface area contributed by atoms with Crippen LogP contribution >= 0.6 is 23.1 Å². The van der Waals surface area contributed by atoms with E-state index < -0.39 is 17.1 Å². The van der Waals surface area contributed by atoms with E-state index in [1.807, 2.05) is 31.2 Å². The Morgan fingerprint density at radius 2 is 1.62 bits per heavy atom. The van der Waals surface area contributed by atoms with Crippen molar-refractivity contribution in [2.75, 3.05) is 24.4 Å². The van der Waals surface area contributed by atoms with Crippen molar-refractivity contribution in [3.63, 3.8) is 0 Å². The smallest absolute Gasteiger partial charge is 0.308 e. The summed E-state index contributed by atoms with van der Waals surface area (Å²) >= 11 is 2.17. The molecular formula is C31H27N3O6S2. The van der Waals surface area contributed by atoms with Crippen molar-refractivity contribution >= 4 is 52.2 Å². The van der Waals surface area contributed by atoms with Crippen molar-refractivity contribution in [1.29, 1.82) is 0 Å². The number of benzene rings is 3. The molecule has 214 valence electrons. The van der Waals surface area contributed by atoms with Crippen molar-refractivity contribution in [3.8, 4) is 11.5 Å². The van der Waals surface area contributed by atoms with Crippen LogP contribution < -0.4 is 24.6 Å². The Hall–Kier alpha value is -4.35. The number of para-hydroxylation sites is 1. The molecule has 11 heteroatoms. The van der Waals surface area contributed by atoms with Crippen LogP contribution in [0.2, 0.25) is 0 Å². The molecule has 42 heavy (non-hydrogen) atoms. The zero-order chi connectivity index (χ0) is 29.5. The Morgan fingerprint density at radius 1 is 0.905 bits per heavy atom. The van der Waals surface area contributed by atoms with E-state index in [1.165, 1.54) is 35.4 Å². The van der Waals surface area contributed by atoms with Crippen LogP contribution in [0.4, 0.5) is 11.4 Å². The number of hydrogen-bond donors (Lipinski definition) is 1. The molecule has 3 heterocycles. The minimum absolute atomic E-state index is 0.230. The molecule has 1 aromatic heterocycles. The van der Waals surface area contributed by atoms with Crippen molar-refractivity contribution in [3.05, 3.63) is 98.5 Å². The number of carbonyl (C=O) groups is 3. The monoisotopic (exact) mass is 601 g/mol. The summed E-state index contributed by atoms with van der Waals surface area (Å²) in [6, 6.07) is 21.6. The number of aromatic nitrogens is 1. The number of imide groups is 1. The quantitative estimate of drug-likeness (QED) is 0.307. The molecule has 0 aliphatic carbocycles. The van der Waals surface area contributed by atoms with Crippen LogP contribution in [0.5, 0.6) is 11.5 Å². The van der Waals surface area contributed by atoms with Gasteiger partial charge in [-0.05, 0) is 48.9 Å². The highest BCUT2D eigenvalue weighted by Crippen LogP contribution is 2.54.